The highest BCUT2D eigenvalue weighted by molar-refractivity contribution is 6.01. The van der Waals surface area contributed by atoms with Crippen molar-refractivity contribution >= 4 is 33.4 Å². The maximum absolute atomic E-state index is 14.6. The molecule has 0 aliphatic rings. The molecule has 3 N–H and O–H groups in total. The summed E-state index contributed by atoms with van der Waals surface area (Å²) in [5.41, 5.74) is 6.90. The van der Waals surface area contributed by atoms with Gasteiger partial charge < -0.3 is 10.3 Å². The van der Waals surface area contributed by atoms with Gasteiger partial charge in [0.2, 0.25) is 5.91 Å². The first-order valence-electron chi connectivity index (χ1n) is 12.4. The van der Waals surface area contributed by atoms with Crippen molar-refractivity contribution in [2.45, 2.75) is 20.3 Å². The van der Waals surface area contributed by atoms with Crippen molar-refractivity contribution in [3.63, 3.8) is 0 Å². The van der Waals surface area contributed by atoms with Gasteiger partial charge in [0.25, 0.3) is 0 Å². The lowest BCUT2D eigenvalue weighted by Crippen LogP contribution is -2.13. The van der Waals surface area contributed by atoms with E-state index in [1.54, 1.807) is 36.9 Å². The van der Waals surface area contributed by atoms with Gasteiger partial charge in [-0.25, -0.2) is 4.39 Å². The summed E-state index contributed by atoms with van der Waals surface area (Å²) in [6.07, 6.45) is 7.28. The number of halogens is 1. The fourth-order valence-corrected chi connectivity index (χ4v) is 4.72. The second-order valence-corrected chi connectivity index (χ2v) is 9.75. The number of hydrogen-bond acceptors (Lipinski definition) is 4. The number of carbonyl (C=O) groups is 1. The molecule has 0 radical (unpaired) electrons. The number of aromatic nitrogens is 5. The summed E-state index contributed by atoms with van der Waals surface area (Å²) in [7, 11) is 0. The smallest absolute Gasteiger partial charge is 0.224 e. The number of aromatic amines is 2. The molecule has 6 aromatic rings. The maximum Gasteiger partial charge on any atom is 0.224 e. The second kappa shape index (κ2) is 9.55. The van der Waals surface area contributed by atoms with Crippen molar-refractivity contribution in [2.75, 3.05) is 5.32 Å². The monoisotopic (exact) mass is 504 g/mol. The Morgan fingerprint density at radius 1 is 0.895 bits per heavy atom. The summed E-state index contributed by atoms with van der Waals surface area (Å²) in [6, 6.07) is 16.6. The molecule has 0 saturated heterocycles. The van der Waals surface area contributed by atoms with Crippen LogP contribution in [0.25, 0.3) is 55.4 Å². The topological polar surface area (TPSA) is 99.3 Å². The van der Waals surface area contributed by atoms with E-state index in [0.29, 0.717) is 23.2 Å². The molecule has 7 nitrogen and oxygen atoms in total. The number of carbonyl (C=O) groups excluding carboxylic acids is 1. The van der Waals surface area contributed by atoms with Crippen LogP contribution in [0.2, 0.25) is 0 Å². The highest BCUT2D eigenvalue weighted by Crippen LogP contribution is 2.35. The molecule has 0 aliphatic carbocycles. The Balaban J connectivity index is 1.39. The Hall–Kier alpha value is -4.85. The summed E-state index contributed by atoms with van der Waals surface area (Å²) < 4.78 is 14.6. The molecule has 2 aromatic carbocycles. The van der Waals surface area contributed by atoms with Crippen molar-refractivity contribution < 1.29 is 9.18 Å². The standard InChI is InChI=1S/C30H25FN6O/c1-17(2)9-29(38)34-20-10-19(13-32-14-20)18-7-8-26-23(11-18)30(37-36-26)27-12-22-24(15-33-16-28(22)35-27)21-5-3-4-6-25(21)31/h3-8,10-17,35H,9H2,1-2H3,(H,34,38)(H,36,37). The van der Waals surface area contributed by atoms with Gasteiger partial charge in [0, 0.05) is 46.3 Å². The number of amides is 1. The second-order valence-electron chi connectivity index (χ2n) is 9.75. The lowest BCUT2D eigenvalue weighted by atomic mass is 10.0. The van der Waals surface area contributed by atoms with Crippen molar-refractivity contribution in [3.8, 4) is 33.6 Å². The van der Waals surface area contributed by atoms with E-state index in [9.17, 15) is 9.18 Å². The minimum Gasteiger partial charge on any atom is -0.352 e. The van der Waals surface area contributed by atoms with Gasteiger partial charge in [-0.2, -0.15) is 5.10 Å². The summed E-state index contributed by atoms with van der Waals surface area (Å²) in [4.78, 5) is 24.3. The quantitative estimate of drug-likeness (QED) is 0.228. The summed E-state index contributed by atoms with van der Waals surface area (Å²) in [5.74, 6) is -0.0542. The van der Waals surface area contributed by atoms with Gasteiger partial charge in [-0.05, 0) is 41.8 Å². The largest absolute Gasteiger partial charge is 0.352 e. The number of rotatable bonds is 6. The number of hydrogen-bond donors (Lipinski definition) is 3. The minimum absolute atomic E-state index is 0.0328. The first-order valence-corrected chi connectivity index (χ1v) is 12.4. The Kier molecular flexibility index (Phi) is 5.92. The molecular weight excluding hydrogens is 479 g/mol. The van der Waals surface area contributed by atoms with Gasteiger partial charge in [-0.1, -0.05) is 38.1 Å². The third kappa shape index (κ3) is 4.41. The molecule has 0 saturated carbocycles. The Morgan fingerprint density at radius 3 is 2.58 bits per heavy atom. The zero-order valence-electron chi connectivity index (χ0n) is 20.9. The van der Waals surface area contributed by atoms with Crippen LogP contribution in [0.5, 0.6) is 0 Å². The summed E-state index contributed by atoms with van der Waals surface area (Å²) in [6.45, 7) is 4.02. The van der Waals surface area contributed by atoms with E-state index in [0.717, 1.165) is 44.3 Å². The summed E-state index contributed by atoms with van der Waals surface area (Å²) >= 11 is 0. The molecule has 4 aromatic heterocycles. The predicted molar refractivity (Wildman–Crippen MR) is 148 cm³/mol. The molecule has 0 unspecified atom stereocenters. The van der Waals surface area contributed by atoms with Gasteiger partial charge in [0.05, 0.1) is 34.8 Å². The lowest BCUT2D eigenvalue weighted by molar-refractivity contribution is -0.116. The molecule has 0 spiro atoms. The molecule has 4 heterocycles. The molecule has 38 heavy (non-hydrogen) atoms. The highest BCUT2D eigenvalue weighted by atomic mass is 19.1. The molecule has 6 rings (SSSR count). The molecule has 0 bridgehead atoms. The number of anilines is 1. The fraction of sp³-hybridized carbons (Fsp3) is 0.133. The maximum atomic E-state index is 14.6. The number of fused-ring (bicyclic) bond motifs is 2. The van der Waals surface area contributed by atoms with Crippen LogP contribution in [0.1, 0.15) is 20.3 Å². The lowest BCUT2D eigenvalue weighted by Gasteiger charge is -2.09. The van der Waals surface area contributed by atoms with Crippen LogP contribution in [-0.2, 0) is 4.79 Å². The zero-order valence-corrected chi connectivity index (χ0v) is 20.9. The Morgan fingerprint density at radius 2 is 1.74 bits per heavy atom. The van der Waals surface area contributed by atoms with Crippen LogP contribution in [0.3, 0.4) is 0 Å². The van der Waals surface area contributed by atoms with Crippen molar-refractivity contribution in [3.05, 3.63) is 85.2 Å². The Bertz CT molecular complexity index is 1800. The predicted octanol–water partition coefficient (Wildman–Crippen LogP) is 6.96. The number of nitrogens with zero attached hydrogens (tertiary/aromatic N) is 3. The van der Waals surface area contributed by atoms with Crippen LogP contribution in [-0.4, -0.2) is 31.1 Å². The minimum atomic E-state index is -0.296. The van der Waals surface area contributed by atoms with Crippen molar-refractivity contribution in [1.29, 1.82) is 0 Å². The molecule has 188 valence electrons. The van der Waals surface area contributed by atoms with Gasteiger partial charge in [-0.3, -0.25) is 19.9 Å². The van der Waals surface area contributed by atoms with Crippen LogP contribution in [0.4, 0.5) is 10.1 Å². The molecule has 0 atom stereocenters. The number of benzene rings is 2. The molecule has 8 heteroatoms. The van der Waals surface area contributed by atoms with Gasteiger partial charge in [0.1, 0.15) is 11.5 Å². The third-order valence-electron chi connectivity index (χ3n) is 6.48. The summed E-state index contributed by atoms with van der Waals surface area (Å²) in [5, 5.41) is 12.4. The third-order valence-corrected chi connectivity index (χ3v) is 6.48. The van der Waals surface area contributed by atoms with Crippen LogP contribution in [0, 0.1) is 11.7 Å². The van der Waals surface area contributed by atoms with Crippen LogP contribution < -0.4 is 5.32 Å². The number of nitrogens with one attached hydrogen (secondary N) is 3. The van der Waals surface area contributed by atoms with Crippen molar-refractivity contribution in [2.24, 2.45) is 5.92 Å². The van der Waals surface area contributed by atoms with E-state index in [1.165, 1.54) is 6.07 Å². The average molecular weight is 505 g/mol. The van der Waals surface area contributed by atoms with Crippen molar-refractivity contribution in [1.82, 2.24) is 25.1 Å². The van der Waals surface area contributed by atoms with Gasteiger partial charge in [-0.15, -0.1) is 0 Å². The van der Waals surface area contributed by atoms with E-state index in [4.69, 9.17) is 0 Å². The normalized spacial score (nSPS) is 11.5. The fourth-order valence-electron chi connectivity index (χ4n) is 4.72. The number of pyridine rings is 2. The molecular formula is C30H25FN6O. The van der Waals surface area contributed by atoms with E-state index < -0.39 is 0 Å². The molecule has 1 amide bonds. The first-order chi connectivity index (χ1) is 18.5. The number of H-pyrrole nitrogens is 2. The van der Waals surface area contributed by atoms with Crippen LogP contribution in [0.15, 0.2) is 79.4 Å². The first kappa shape index (κ1) is 23.5. The van der Waals surface area contributed by atoms with E-state index >= 15 is 0 Å². The zero-order chi connectivity index (χ0) is 26.2. The van der Waals surface area contributed by atoms with Gasteiger partial charge >= 0.3 is 0 Å². The van der Waals surface area contributed by atoms with E-state index in [-0.39, 0.29) is 17.6 Å². The van der Waals surface area contributed by atoms with Crippen LogP contribution >= 0.6 is 0 Å². The highest BCUT2D eigenvalue weighted by Gasteiger charge is 2.16. The molecule has 0 aliphatic heterocycles. The molecule has 0 fully saturated rings. The van der Waals surface area contributed by atoms with E-state index in [2.05, 4.69) is 30.5 Å². The SMILES string of the molecule is CC(C)CC(=O)Nc1cncc(-c2ccc3[nH]nc(-c4cc5c(-c6ccccc6F)cncc5[nH]4)c3c2)c1. The Labute approximate surface area is 218 Å². The van der Waals surface area contributed by atoms with Gasteiger partial charge in [0.15, 0.2) is 0 Å². The van der Waals surface area contributed by atoms with E-state index in [1.807, 2.05) is 50.2 Å². The average Bonchev–Trinajstić information content (AvgIpc) is 3.52.